The van der Waals surface area contributed by atoms with Crippen LogP contribution in [0.25, 0.3) is 22.3 Å². The fraction of sp³-hybridized carbons (Fsp3) is 0.0667. The molecule has 0 aliphatic heterocycles. The van der Waals surface area contributed by atoms with Gasteiger partial charge in [0.1, 0.15) is 22.9 Å². The minimum atomic E-state index is -0.485. The number of phenols is 1. The zero-order valence-electron chi connectivity index (χ0n) is 9.77. The predicted octanol–water partition coefficient (Wildman–Crippen LogP) is 4.25. The van der Waals surface area contributed by atoms with Crippen LogP contribution in [0.4, 0.5) is 4.39 Å². The van der Waals surface area contributed by atoms with Crippen molar-refractivity contribution in [3.8, 4) is 17.1 Å². The molecular weight excluding hydrogens is 231 g/mol. The van der Waals surface area contributed by atoms with E-state index in [4.69, 9.17) is 4.42 Å². The van der Waals surface area contributed by atoms with E-state index in [1.165, 1.54) is 12.1 Å². The lowest BCUT2D eigenvalue weighted by molar-refractivity contribution is 0.469. The van der Waals surface area contributed by atoms with Gasteiger partial charge in [-0.15, -0.1) is 0 Å². The number of hydrogen-bond donors (Lipinski definition) is 1. The molecule has 0 saturated carbocycles. The molecule has 0 aliphatic rings. The number of rotatable bonds is 1. The molecule has 2 aromatic carbocycles. The molecule has 1 aromatic heterocycles. The highest BCUT2D eigenvalue weighted by Crippen LogP contribution is 2.30. The predicted molar refractivity (Wildman–Crippen MR) is 68.0 cm³/mol. The van der Waals surface area contributed by atoms with Crippen molar-refractivity contribution in [1.29, 1.82) is 0 Å². The summed E-state index contributed by atoms with van der Waals surface area (Å²) in [5, 5.41) is 10.4. The van der Waals surface area contributed by atoms with E-state index < -0.39 is 5.82 Å². The summed E-state index contributed by atoms with van der Waals surface area (Å²) in [6.07, 6.45) is 0. The summed E-state index contributed by atoms with van der Waals surface area (Å²) < 4.78 is 18.9. The Morgan fingerprint density at radius 2 is 1.89 bits per heavy atom. The van der Waals surface area contributed by atoms with Crippen molar-refractivity contribution in [2.75, 3.05) is 0 Å². The summed E-state index contributed by atoms with van der Waals surface area (Å²) in [5.41, 5.74) is 2.41. The second-order valence-electron chi connectivity index (χ2n) is 4.35. The first-order chi connectivity index (χ1) is 8.61. The highest BCUT2D eigenvalue weighted by Gasteiger charge is 2.08. The van der Waals surface area contributed by atoms with Gasteiger partial charge >= 0.3 is 0 Å². The number of fused-ring (bicyclic) bond motifs is 1. The van der Waals surface area contributed by atoms with E-state index in [-0.39, 0.29) is 5.75 Å². The van der Waals surface area contributed by atoms with Crippen molar-refractivity contribution in [3.05, 3.63) is 53.8 Å². The van der Waals surface area contributed by atoms with Crippen LogP contribution >= 0.6 is 0 Å². The second kappa shape index (κ2) is 3.88. The van der Waals surface area contributed by atoms with E-state index in [9.17, 15) is 9.50 Å². The van der Waals surface area contributed by atoms with Crippen LogP contribution in [0.3, 0.4) is 0 Å². The normalized spacial score (nSPS) is 11.0. The summed E-state index contributed by atoms with van der Waals surface area (Å²) in [5.74, 6) is -0.0475. The molecule has 0 unspecified atom stereocenters. The molecule has 3 rings (SSSR count). The van der Waals surface area contributed by atoms with Gasteiger partial charge in [0.2, 0.25) is 0 Å². The van der Waals surface area contributed by atoms with Crippen LogP contribution in [0.1, 0.15) is 5.56 Å². The zero-order valence-corrected chi connectivity index (χ0v) is 9.77. The van der Waals surface area contributed by atoms with Gasteiger partial charge in [0.25, 0.3) is 0 Å². The zero-order chi connectivity index (χ0) is 12.7. The number of furan rings is 1. The molecule has 2 nitrogen and oxygen atoms in total. The summed E-state index contributed by atoms with van der Waals surface area (Å²) in [4.78, 5) is 0. The molecule has 0 fully saturated rings. The summed E-state index contributed by atoms with van der Waals surface area (Å²) in [6, 6.07) is 11.6. The Morgan fingerprint density at radius 3 is 2.67 bits per heavy atom. The topological polar surface area (TPSA) is 33.4 Å². The second-order valence-corrected chi connectivity index (χ2v) is 4.35. The van der Waals surface area contributed by atoms with Crippen molar-refractivity contribution in [2.45, 2.75) is 6.92 Å². The first-order valence-electron chi connectivity index (χ1n) is 5.62. The first kappa shape index (κ1) is 10.8. The molecular formula is C15H11FO2. The Kier molecular flexibility index (Phi) is 2.33. The van der Waals surface area contributed by atoms with Crippen LogP contribution in [-0.2, 0) is 0 Å². The molecule has 90 valence electrons. The summed E-state index contributed by atoms with van der Waals surface area (Å²) in [6.45, 7) is 2.00. The SMILES string of the molecule is Cc1ccc2oc(-c3cc(O)cc(F)c3)cc2c1. The average Bonchev–Trinajstić information content (AvgIpc) is 2.70. The molecule has 1 heterocycles. The Hall–Kier alpha value is -2.29. The fourth-order valence-corrected chi connectivity index (χ4v) is 2.02. The lowest BCUT2D eigenvalue weighted by atomic mass is 10.1. The number of phenolic OH excluding ortho intramolecular Hbond substituents is 1. The number of hydrogen-bond acceptors (Lipinski definition) is 2. The molecule has 0 spiro atoms. The molecule has 0 amide bonds. The van der Waals surface area contributed by atoms with E-state index >= 15 is 0 Å². The minimum Gasteiger partial charge on any atom is -0.508 e. The van der Waals surface area contributed by atoms with E-state index in [0.717, 1.165) is 22.6 Å². The van der Waals surface area contributed by atoms with Gasteiger partial charge in [-0.25, -0.2) is 4.39 Å². The van der Waals surface area contributed by atoms with Crippen LogP contribution in [-0.4, -0.2) is 5.11 Å². The molecule has 0 aliphatic carbocycles. The number of benzene rings is 2. The molecule has 3 heteroatoms. The van der Waals surface area contributed by atoms with Crippen LogP contribution in [0.2, 0.25) is 0 Å². The summed E-state index contributed by atoms with van der Waals surface area (Å²) in [7, 11) is 0. The van der Waals surface area contributed by atoms with Gasteiger partial charge in [-0.3, -0.25) is 0 Å². The van der Waals surface area contributed by atoms with Crippen molar-refractivity contribution in [1.82, 2.24) is 0 Å². The van der Waals surface area contributed by atoms with Crippen molar-refractivity contribution < 1.29 is 13.9 Å². The third-order valence-electron chi connectivity index (χ3n) is 2.84. The largest absolute Gasteiger partial charge is 0.508 e. The first-order valence-corrected chi connectivity index (χ1v) is 5.62. The smallest absolute Gasteiger partial charge is 0.135 e. The van der Waals surface area contributed by atoms with Gasteiger partial charge in [-0.1, -0.05) is 11.6 Å². The van der Waals surface area contributed by atoms with E-state index in [1.54, 1.807) is 0 Å². The Bertz CT molecular complexity index is 708. The Morgan fingerprint density at radius 1 is 1.06 bits per heavy atom. The van der Waals surface area contributed by atoms with Crippen molar-refractivity contribution in [3.63, 3.8) is 0 Å². The monoisotopic (exact) mass is 242 g/mol. The van der Waals surface area contributed by atoms with Crippen LogP contribution in [0.15, 0.2) is 46.9 Å². The maximum absolute atomic E-state index is 13.2. The third kappa shape index (κ3) is 1.84. The number of aryl methyl sites for hydroxylation is 1. The van der Waals surface area contributed by atoms with E-state index in [0.29, 0.717) is 11.3 Å². The van der Waals surface area contributed by atoms with Gasteiger partial charge in [0, 0.05) is 17.0 Å². The Balaban J connectivity index is 2.19. The third-order valence-corrected chi connectivity index (χ3v) is 2.84. The lowest BCUT2D eigenvalue weighted by Crippen LogP contribution is -1.78. The van der Waals surface area contributed by atoms with Gasteiger partial charge in [0.15, 0.2) is 0 Å². The molecule has 1 N–H and O–H groups in total. The standard InChI is InChI=1S/C15H11FO2/c1-9-2-3-14-10(4-9)7-15(18-14)11-5-12(16)8-13(17)6-11/h2-8,17H,1H3. The molecule has 0 atom stereocenters. The molecule has 18 heavy (non-hydrogen) atoms. The van der Waals surface area contributed by atoms with Gasteiger partial charge in [-0.2, -0.15) is 0 Å². The molecule has 0 bridgehead atoms. The van der Waals surface area contributed by atoms with Crippen LogP contribution in [0, 0.1) is 12.7 Å². The number of aromatic hydroxyl groups is 1. The quantitative estimate of drug-likeness (QED) is 0.691. The maximum atomic E-state index is 13.2. The summed E-state index contributed by atoms with van der Waals surface area (Å²) >= 11 is 0. The van der Waals surface area contributed by atoms with Crippen LogP contribution < -0.4 is 0 Å². The fourth-order valence-electron chi connectivity index (χ4n) is 2.02. The van der Waals surface area contributed by atoms with Crippen LogP contribution in [0.5, 0.6) is 5.75 Å². The maximum Gasteiger partial charge on any atom is 0.135 e. The highest BCUT2D eigenvalue weighted by atomic mass is 19.1. The van der Waals surface area contributed by atoms with E-state index in [2.05, 4.69) is 0 Å². The number of halogens is 1. The minimum absolute atomic E-state index is 0.110. The molecule has 0 saturated heterocycles. The Labute approximate surface area is 103 Å². The average molecular weight is 242 g/mol. The lowest BCUT2D eigenvalue weighted by Gasteiger charge is -1.98. The van der Waals surface area contributed by atoms with Crippen molar-refractivity contribution >= 4 is 11.0 Å². The van der Waals surface area contributed by atoms with Gasteiger partial charge in [0.05, 0.1) is 0 Å². The van der Waals surface area contributed by atoms with Gasteiger partial charge < -0.3 is 9.52 Å². The molecule has 3 aromatic rings. The molecule has 0 radical (unpaired) electrons. The van der Waals surface area contributed by atoms with E-state index in [1.807, 2.05) is 31.2 Å². The highest BCUT2D eigenvalue weighted by molar-refractivity contribution is 5.83. The van der Waals surface area contributed by atoms with Gasteiger partial charge in [-0.05, 0) is 37.3 Å². The van der Waals surface area contributed by atoms with Crippen molar-refractivity contribution in [2.24, 2.45) is 0 Å².